The maximum absolute atomic E-state index is 12.7. The summed E-state index contributed by atoms with van der Waals surface area (Å²) in [6.07, 6.45) is 1.75. The molecule has 0 atom stereocenters. The molecule has 0 fully saturated rings. The quantitative estimate of drug-likeness (QED) is 0.781. The van der Waals surface area contributed by atoms with Crippen LogP contribution in [0.5, 0.6) is 5.75 Å². The van der Waals surface area contributed by atoms with E-state index in [2.05, 4.69) is 0 Å². The molecule has 0 unspecified atom stereocenters. The van der Waals surface area contributed by atoms with E-state index in [-0.39, 0.29) is 11.7 Å². The number of hydrogen-bond acceptors (Lipinski definition) is 4. The zero-order chi connectivity index (χ0) is 18.6. The zero-order valence-electron chi connectivity index (χ0n) is 14.8. The highest BCUT2D eigenvalue weighted by molar-refractivity contribution is 7.91. The van der Waals surface area contributed by atoms with Crippen LogP contribution in [0.3, 0.4) is 0 Å². The van der Waals surface area contributed by atoms with Crippen LogP contribution in [0.4, 0.5) is 5.69 Å². The maximum atomic E-state index is 12.7. The number of fused-ring (bicyclic) bond motifs is 1. The minimum Gasteiger partial charge on any atom is -0.494 e. The number of hydrogen-bond donors (Lipinski definition) is 0. The van der Waals surface area contributed by atoms with E-state index in [0.29, 0.717) is 24.5 Å². The van der Waals surface area contributed by atoms with E-state index < -0.39 is 15.6 Å². The molecule has 138 valence electrons. The molecule has 3 rings (SSSR count). The third kappa shape index (κ3) is 4.25. The molecule has 2 aromatic carbocycles. The Morgan fingerprint density at radius 2 is 1.85 bits per heavy atom. The van der Waals surface area contributed by atoms with Crippen molar-refractivity contribution in [3.05, 3.63) is 59.7 Å². The van der Waals surface area contributed by atoms with Crippen LogP contribution in [0.1, 0.15) is 24.5 Å². The van der Waals surface area contributed by atoms with Gasteiger partial charge in [0.25, 0.3) is 0 Å². The maximum Gasteiger partial charge on any atom is 0.242 e. The van der Waals surface area contributed by atoms with E-state index in [1.54, 1.807) is 29.2 Å². The van der Waals surface area contributed by atoms with Crippen molar-refractivity contribution < 1.29 is 17.9 Å². The van der Waals surface area contributed by atoms with E-state index in [4.69, 9.17) is 4.74 Å². The van der Waals surface area contributed by atoms with Gasteiger partial charge in [0.1, 0.15) is 11.5 Å². The smallest absolute Gasteiger partial charge is 0.242 e. The second kappa shape index (κ2) is 7.91. The number of amides is 1. The second-order valence-corrected chi connectivity index (χ2v) is 8.42. The molecule has 6 heteroatoms. The number of ether oxygens (including phenoxy) is 1. The molecule has 0 aromatic heterocycles. The van der Waals surface area contributed by atoms with E-state index >= 15 is 0 Å². The Hall–Kier alpha value is -2.34. The van der Waals surface area contributed by atoms with Crippen molar-refractivity contribution in [2.45, 2.75) is 25.5 Å². The number of carbonyl (C=O) groups excluding carboxylic acids is 1. The Morgan fingerprint density at radius 3 is 2.65 bits per heavy atom. The largest absolute Gasteiger partial charge is 0.494 e. The summed E-state index contributed by atoms with van der Waals surface area (Å²) in [6, 6.07) is 14.7. The van der Waals surface area contributed by atoms with Crippen molar-refractivity contribution >= 4 is 21.4 Å². The van der Waals surface area contributed by atoms with Gasteiger partial charge in [0.2, 0.25) is 5.91 Å². The first-order valence-electron chi connectivity index (χ1n) is 8.79. The molecule has 1 amide bonds. The fourth-order valence-corrected chi connectivity index (χ4v) is 4.61. The summed E-state index contributed by atoms with van der Waals surface area (Å²) in [5.41, 5.74) is 2.50. The zero-order valence-corrected chi connectivity index (χ0v) is 15.7. The van der Waals surface area contributed by atoms with Gasteiger partial charge in [-0.15, -0.1) is 0 Å². The van der Waals surface area contributed by atoms with Crippen molar-refractivity contribution in [2.75, 3.05) is 23.8 Å². The van der Waals surface area contributed by atoms with Gasteiger partial charge in [-0.25, -0.2) is 8.42 Å². The highest BCUT2D eigenvalue weighted by Gasteiger charge is 2.27. The first kappa shape index (κ1) is 18.5. The highest BCUT2D eigenvalue weighted by Crippen LogP contribution is 2.27. The van der Waals surface area contributed by atoms with Crippen molar-refractivity contribution in [1.29, 1.82) is 0 Å². The van der Waals surface area contributed by atoms with E-state index in [0.717, 1.165) is 24.1 Å². The molecular formula is C20H23NO4S. The van der Waals surface area contributed by atoms with Gasteiger partial charge in [0.05, 0.1) is 12.4 Å². The number of carbonyl (C=O) groups is 1. The number of rotatable bonds is 6. The summed E-state index contributed by atoms with van der Waals surface area (Å²) in [5, 5.41) is 0. The van der Waals surface area contributed by atoms with E-state index in [1.165, 1.54) is 0 Å². The van der Waals surface area contributed by atoms with Gasteiger partial charge < -0.3 is 9.64 Å². The Balaban J connectivity index is 1.75. The molecule has 0 spiro atoms. The van der Waals surface area contributed by atoms with Crippen molar-refractivity contribution in [3.8, 4) is 5.75 Å². The molecule has 0 bridgehead atoms. The molecule has 0 N–H and O–H groups in total. The molecule has 0 saturated heterocycles. The molecule has 26 heavy (non-hydrogen) atoms. The van der Waals surface area contributed by atoms with Crippen molar-refractivity contribution in [2.24, 2.45) is 0 Å². The number of nitrogens with zero attached hydrogens (tertiary/aromatic N) is 1. The third-order valence-corrected chi connectivity index (χ3v) is 5.84. The van der Waals surface area contributed by atoms with Gasteiger partial charge in [-0.2, -0.15) is 0 Å². The molecular weight excluding hydrogens is 350 g/mol. The first-order valence-corrected chi connectivity index (χ1v) is 10.6. The lowest BCUT2D eigenvalue weighted by atomic mass is 10.0. The summed E-state index contributed by atoms with van der Waals surface area (Å²) in [4.78, 5) is 14.3. The van der Waals surface area contributed by atoms with Crippen LogP contribution in [0.15, 0.2) is 48.5 Å². The Kier molecular flexibility index (Phi) is 5.61. The van der Waals surface area contributed by atoms with Gasteiger partial charge in [-0.1, -0.05) is 36.4 Å². The summed E-state index contributed by atoms with van der Waals surface area (Å²) in [6.45, 7) is 2.87. The van der Waals surface area contributed by atoms with Crippen LogP contribution >= 0.6 is 0 Å². The average molecular weight is 373 g/mol. The lowest BCUT2D eigenvalue weighted by Crippen LogP contribution is -2.39. The van der Waals surface area contributed by atoms with E-state index in [9.17, 15) is 13.2 Å². The molecule has 0 radical (unpaired) electrons. The number of para-hydroxylation sites is 2. The van der Waals surface area contributed by atoms with Crippen LogP contribution in [0.2, 0.25) is 0 Å². The predicted octanol–water partition coefficient (Wildman–Crippen LogP) is 2.98. The van der Waals surface area contributed by atoms with Crippen LogP contribution in [-0.2, 0) is 26.8 Å². The normalized spacial score (nSPS) is 14.0. The van der Waals surface area contributed by atoms with Gasteiger partial charge >= 0.3 is 0 Å². The molecule has 1 aliphatic heterocycles. The van der Waals surface area contributed by atoms with Crippen LogP contribution in [0, 0.1) is 0 Å². The fourth-order valence-electron chi connectivity index (χ4n) is 3.27. The fraction of sp³-hybridized carbons (Fsp3) is 0.350. The predicted molar refractivity (Wildman–Crippen MR) is 102 cm³/mol. The molecule has 1 aliphatic rings. The number of anilines is 1. The SMILES string of the molecule is CCOc1ccccc1CS(=O)(=O)CC(=O)N1CCCc2ccccc21. The standard InChI is InChI=1S/C20H23NO4S/c1-2-25-19-12-6-4-9-17(19)14-26(23,24)15-20(22)21-13-7-10-16-8-3-5-11-18(16)21/h3-6,8-9,11-12H,2,7,10,13-15H2,1H3. The lowest BCUT2D eigenvalue weighted by molar-refractivity contribution is -0.116. The second-order valence-electron chi connectivity index (χ2n) is 6.35. The monoisotopic (exact) mass is 373 g/mol. The molecule has 0 saturated carbocycles. The number of sulfone groups is 1. The van der Waals surface area contributed by atoms with E-state index in [1.807, 2.05) is 31.2 Å². The Bertz CT molecular complexity index is 892. The summed E-state index contributed by atoms with van der Waals surface area (Å²) >= 11 is 0. The van der Waals surface area contributed by atoms with Crippen LogP contribution < -0.4 is 9.64 Å². The molecule has 2 aromatic rings. The van der Waals surface area contributed by atoms with Crippen molar-refractivity contribution in [1.82, 2.24) is 0 Å². The lowest BCUT2D eigenvalue weighted by Gasteiger charge is -2.29. The van der Waals surface area contributed by atoms with Gasteiger partial charge in [0, 0.05) is 17.8 Å². The molecule has 5 nitrogen and oxygen atoms in total. The summed E-state index contributed by atoms with van der Waals surface area (Å²) in [5.74, 6) is -0.521. The van der Waals surface area contributed by atoms with Crippen LogP contribution in [0.25, 0.3) is 0 Å². The minimum atomic E-state index is -3.60. The van der Waals surface area contributed by atoms with Crippen molar-refractivity contribution in [3.63, 3.8) is 0 Å². The Labute approximate surface area is 154 Å². The Morgan fingerprint density at radius 1 is 1.12 bits per heavy atom. The summed E-state index contributed by atoms with van der Waals surface area (Å²) < 4.78 is 30.7. The summed E-state index contributed by atoms with van der Waals surface area (Å²) in [7, 11) is -3.60. The minimum absolute atomic E-state index is 0.204. The third-order valence-electron chi connectivity index (χ3n) is 4.40. The van der Waals surface area contributed by atoms with Gasteiger partial charge in [-0.05, 0) is 37.5 Å². The van der Waals surface area contributed by atoms with Crippen LogP contribution in [-0.4, -0.2) is 33.2 Å². The van der Waals surface area contributed by atoms with Gasteiger partial charge in [0.15, 0.2) is 9.84 Å². The molecule has 1 heterocycles. The average Bonchev–Trinajstić information content (AvgIpc) is 2.62. The number of aryl methyl sites for hydroxylation is 1. The van der Waals surface area contributed by atoms with Gasteiger partial charge in [-0.3, -0.25) is 4.79 Å². The first-order chi connectivity index (χ1) is 12.5. The number of benzene rings is 2. The topological polar surface area (TPSA) is 63.7 Å². The highest BCUT2D eigenvalue weighted by atomic mass is 32.2. The molecule has 0 aliphatic carbocycles.